The van der Waals surface area contributed by atoms with Crippen molar-refractivity contribution in [3.05, 3.63) is 59.7 Å². The van der Waals surface area contributed by atoms with E-state index in [2.05, 4.69) is 62.4 Å². The number of hydrogen-bond acceptors (Lipinski definition) is 0. The minimum atomic E-state index is -1.11. The Morgan fingerprint density at radius 3 is 1.31 bits per heavy atom. The van der Waals surface area contributed by atoms with Gasteiger partial charge >= 0.3 is 0 Å². The second-order valence-corrected chi connectivity index (χ2v) is 6.96. The molecular weight excluding hydrogens is 232 g/mol. The molecule has 16 heavy (non-hydrogen) atoms. The summed E-state index contributed by atoms with van der Waals surface area (Å²) in [5.74, 6) is 0. The van der Waals surface area contributed by atoms with Crippen molar-refractivity contribution in [3.63, 3.8) is 0 Å². The van der Waals surface area contributed by atoms with E-state index in [-0.39, 0.29) is 0 Å². The largest absolute Gasteiger partial charge is 0.234 e. The minimum Gasteiger partial charge on any atom is -0.156 e. The van der Waals surface area contributed by atoms with E-state index in [1.165, 1.54) is 21.5 Å². The summed E-state index contributed by atoms with van der Waals surface area (Å²) in [6, 6.07) is 17.0. The van der Waals surface area contributed by atoms with E-state index in [0.717, 1.165) is 0 Å². The van der Waals surface area contributed by atoms with Gasteiger partial charge in [-0.1, -0.05) is 59.7 Å². The first kappa shape index (κ1) is 11.4. The Hall–Kier alpha value is -1.05. The molecule has 81 valence electrons. The highest BCUT2D eigenvalue weighted by atomic mass is 35.6. The maximum absolute atomic E-state index is 6.54. The molecule has 2 aromatic carbocycles. The summed E-state index contributed by atoms with van der Waals surface area (Å²) < 4.78 is 0. The maximum atomic E-state index is 6.54. The van der Waals surface area contributed by atoms with E-state index < -0.39 is 8.11 Å². The fourth-order valence-electron chi connectivity index (χ4n) is 1.57. The van der Waals surface area contributed by atoms with Gasteiger partial charge in [0.25, 0.3) is 0 Å². The van der Waals surface area contributed by atoms with Gasteiger partial charge < -0.3 is 0 Å². The molecular formula is C14H14ClSi. The molecule has 2 rings (SSSR count). The van der Waals surface area contributed by atoms with E-state index in [1.807, 2.05) is 0 Å². The Morgan fingerprint density at radius 1 is 0.688 bits per heavy atom. The van der Waals surface area contributed by atoms with Crippen LogP contribution in [0.1, 0.15) is 11.1 Å². The average molecular weight is 246 g/mol. The zero-order valence-electron chi connectivity index (χ0n) is 9.50. The van der Waals surface area contributed by atoms with Crippen molar-refractivity contribution in [2.45, 2.75) is 13.8 Å². The first-order valence-electron chi connectivity index (χ1n) is 5.33. The van der Waals surface area contributed by atoms with Gasteiger partial charge in [0.1, 0.15) is 0 Å². The van der Waals surface area contributed by atoms with Crippen molar-refractivity contribution >= 4 is 29.6 Å². The van der Waals surface area contributed by atoms with Crippen molar-refractivity contribution in [2.75, 3.05) is 0 Å². The first-order valence-corrected chi connectivity index (χ1v) is 7.84. The van der Waals surface area contributed by atoms with Crippen molar-refractivity contribution in [1.29, 1.82) is 0 Å². The van der Waals surface area contributed by atoms with Crippen molar-refractivity contribution in [3.8, 4) is 0 Å². The Kier molecular flexibility index (Phi) is 3.47. The van der Waals surface area contributed by atoms with Gasteiger partial charge in [-0.15, -0.1) is 0 Å². The van der Waals surface area contributed by atoms with Crippen LogP contribution < -0.4 is 10.4 Å². The minimum absolute atomic E-state index is 1.11. The van der Waals surface area contributed by atoms with Gasteiger partial charge in [0.05, 0.1) is 0 Å². The number of rotatable bonds is 2. The fourth-order valence-corrected chi connectivity index (χ4v) is 3.57. The van der Waals surface area contributed by atoms with E-state index in [0.29, 0.717) is 0 Å². The third-order valence-corrected chi connectivity index (χ3v) is 5.60. The van der Waals surface area contributed by atoms with Crippen LogP contribution in [0.5, 0.6) is 0 Å². The highest BCUT2D eigenvalue weighted by molar-refractivity contribution is 7.21. The van der Waals surface area contributed by atoms with E-state index in [9.17, 15) is 0 Å². The van der Waals surface area contributed by atoms with Crippen molar-refractivity contribution < 1.29 is 0 Å². The Bertz CT molecular complexity index is 414. The van der Waals surface area contributed by atoms with E-state index >= 15 is 0 Å². The molecule has 0 N–H and O–H groups in total. The second kappa shape index (κ2) is 4.85. The molecule has 0 unspecified atom stereocenters. The summed E-state index contributed by atoms with van der Waals surface area (Å²) in [4.78, 5) is 0. The molecule has 0 saturated heterocycles. The molecule has 0 heterocycles. The van der Waals surface area contributed by atoms with Gasteiger partial charge in [-0.3, -0.25) is 0 Å². The monoisotopic (exact) mass is 245 g/mol. The van der Waals surface area contributed by atoms with Crippen molar-refractivity contribution in [2.24, 2.45) is 0 Å². The summed E-state index contributed by atoms with van der Waals surface area (Å²) in [5, 5.41) is 2.50. The molecule has 0 nitrogen and oxygen atoms in total. The van der Waals surface area contributed by atoms with Gasteiger partial charge in [0.15, 0.2) is 0 Å². The van der Waals surface area contributed by atoms with Crippen LogP contribution >= 0.6 is 11.1 Å². The topological polar surface area (TPSA) is 0 Å². The Morgan fingerprint density at radius 2 is 1.00 bits per heavy atom. The average Bonchev–Trinajstić information content (AvgIpc) is 2.30. The van der Waals surface area contributed by atoms with E-state index in [4.69, 9.17) is 11.1 Å². The van der Waals surface area contributed by atoms with Gasteiger partial charge in [0, 0.05) is 0 Å². The SMILES string of the molecule is Cc1ccc([Si](Cl)c2ccc(C)cc2)cc1. The molecule has 2 aromatic rings. The van der Waals surface area contributed by atoms with Crippen LogP contribution in [-0.2, 0) is 0 Å². The summed E-state index contributed by atoms with van der Waals surface area (Å²) >= 11 is 6.54. The third kappa shape index (κ3) is 2.54. The van der Waals surface area contributed by atoms with E-state index in [1.54, 1.807) is 0 Å². The smallest absolute Gasteiger partial charge is 0.156 e. The standard InChI is InChI=1S/C14H14ClSi/c1-11-3-7-13(8-4-11)16(15)14-9-5-12(2)6-10-14/h3-10H,1-2H3. The Labute approximate surface area is 103 Å². The molecule has 0 amide bonds. The quantitative estimate of drug-likeness (QED) is 0.564. The third-order valence-electron chi connectivity index (χ3n) is 2.61. The fraction of sp³-hybridized carbons (Fsp3) is 0.143. The zero-order chi connectivity index (χ0) is 11.5. The maximum Gasteiger partial charge on any atom is 0.234 e. The zero-order valence-corrected chi connectivity index (χ0v) is 11.3. The molecule has 0 aliphatic rings. The molecule has 0 atom stereocenters. The molecule has 0 aliphatic carbocycles. The highest BCUT2D eigenvalue weighted by Crippen LogP contribution is 2.00. The van der Waals surface area contributed by atoms with Gasteiger partial charge in [-0.25, -0.2) is 0 Å². The predicted molar refractivity (Wildman–Crippen MR) is 73.2 cm³/mol. The lowest BCUT2D eigenvalue weighted by Gasteiger charge is -2.08. The summed E-state index contributed by atoms with van der Waals surface area (Å²) in [5.41, 5.74) is 2.55. The number of aryl methyl sites for hydroxylation is 2. The molecule has 0 fully saturated rings. The van der Waals surface area contributed by atoms with Gasteiger partial charge in [0.2, 0.25) is 8.11 Å². The van der Waals surface area contributed by atoms with Crippen LogP contribution in [0.25, 0.3) is 0 Å². The molecule has 0 spiro atoms. The van der Waals surface area contributed by atoms with Crippen LogP contribution in [-0.4, -0.2) is 8.11 Å². The van der Waals surface area contributed by atoms with Gasteiger partial charge in [-0.05, 0) is 24.2 Å². The van der Waals surface area contributed by atoms with Gasteiger partial charge in [-0.2, -0.15) is 11.1 Å². The summed E-state index contributed by atoms with van der Waals surface area (Å²) in [6.45, 7) is 4.19. The second-order valence-electron chi connectivity index (χ2n) is 4.05. The van der Waals surface area contributed by atoms with Crippen molar-refractivity contribution in [1.82, 2.24) is 0 Å². The van der Waals surface area contributed by atoms with Crippen LogP contribution in [0.3, 0.4) is 0 Å². The molecule has 0 saturated carbocycles. The lowest BCUT2D eigenvalue weighted by Crippen LogP contribution is -2.36. The summed E-state index contributed by atoms with van der Waals surface area (Å²) in [6.07, 6.45) is 0. The number of halogens is 1. The molecule has 0 aromatic heterocycles. The first-order chi connectivity index (χ1) is 7.66. The number of hydrogen-bond donors (Lipinski definition) is 0. The molecule has 2 heteroatoms. The number of benzene rings is 2. The normalized spacial score (nSPS) is 10.8. The molecule has 0 bridgehead atoms. The summed E-state index contributed by atoms with van der Waals surface area (Å²) in [7, 11) is -1.11. The predicted octanol–water partition coefficient (Wildman–Crippen LogP) is 2.65. The Balaban J connectivity index is 2.28. The van der Waals surface area contributed by atoms with Crippen LogP contribution in [0.15, 0.2) is 48.5 Å². The lowest BCUT2D eigenvalue weighted by molar-refractivity contribution is 1.48. The lowest BCUT2D eigenvalue weighted by atomic mass is 10.2. The van der Waals surface area contributed by atoms with Crippen LogP contribution in [0.2, 0.25) is 0 Å². The van der Waals surface area contributed by atoms with Crippen LogP contribution in [0.4, 0.5) is 0 Å². The van der Waals surface area contributed by atoms with Crippen LogP contribution in [0, 0.1) is 13.8 Å². The molecule has 0 aliphatic heterocycles. The molecule has 1 radical (unpaired) electrons. The highest BCUT2D eigenvalue weighted by Gasteiger charge is 2.13.